The molecule has 2 aliphatic rings. The van der Waals surface area contributed by atoms with Crippen LogP contribution in [-0.4, -0.2) is 69.9 Å². The van der Waals surface area contributed by atoms with E-state index in [2.05, 4.69) is 37.0 Å². The predicted octanol–water partition coefficient (Wildman–Crippen LogP) is 2.93. The average Bonchev–Trinajstić information content (AvgIpc) is 3.73. The van der Waals surface area contributed by atoms with E-state index >= 15 is 4.39 Å². The van der Waals surface area contributed by atoms with Crippen LogP contribution >= 0.6 is 0 Å². The molecule has 1 saturated heterocycles. The van der Waals surface area contributed by atoms with Gasteiger partial charge in [0.05, 0.1) is 17.0 Å². The number of nitrogens with zero attached hydrogens (tertiary/aromatic N) is 5. The third kappa shape index (κ3) is 4.99. The van der Waals surface area contributed by atoms with Gasteiger partial charge in [0, 0.05) is 62.2 Å². The molecule has 0 bridgehead atoms. The number of rotatable bonds is 4. The summed E-state index contributed by atoms with van der Waals surface area (Å²) in [5, 5.41) is 2.96. The smallest absolute Gasteiger partial charge is 0.254 e. The molecule has 0 spiro atoms. The van der Waals surface area contributed by atoms with Crippen molar-refractivity contribution < 1.29 is 9.18 Å². The van der Waals surface area contributed by atoms with Gasteiger partial charge in [-0.25, -0.2) is 19.3 Å². The molecule has 0 unspecified atom stereocenters. The lowest BCUT2D eigenvalue weighted by Gasteiger charge is -2.34. The zero-order valence-electron chi connectivity index (χ0n) is 20.4. The van der Waals surface area contributed by atoms with Crippen molar-refractivity contribution in [3.05, 3.63) is 64.7 Å². The van der Waals surface area contributed by atoms with Crippen molar-refractivity contribution in [3.63, 3.8) is 0 Å². The van der Waals surface area contributed by atoms with Crippen LogP contribution in [0.25, 0.3) is 11.3 Å². The first-order valence-electron chi connectivity index (χ1n) is 12.1. The van der Waals surface area contributed by atoms with E-state index in [1.165, 1.54) is 18.9 Å². The Bertz CT molecular complexity index is 1350. The number of nitrogen functional groups attached to an aromatic ring is 1. The van der Waals surface area contributed by atoms with E-state index in [0.717, 1.165) is 18.9 Å². The molecule has 1 aromatic carbocycles. The van der Waals surface area contributed by atoms with Gasteiger partial charge in [-0.15, -0.1) is 0 Å². The van der Waals surface area contributed by atoms with Gasteiger partial charge in [0.1, 0.15) is 11.6 Å². The normalized spacial score (nSPS) is 15.8. The van der Waals surface area contributed by atoms with E-state index in [1.807, 2.05) is 12.1 Å². The lowest BCUT2D eigenvalue weighted by Crippen LogP contribution is -2.49. The summed E-state index contributed by atoms with van der Waals surface area (Å²) in [5.74, 6) is 6.14. The number of amides is 1. The van der Waals surface area contributed by atoms with Gasteiger partial charge < -0.3 is 16.0 Å². The number of halogens is 1. The second kappa shape index (κ2) is 9.91. The van der Waals surface area contributed by atoms with Gasteiger partial charge in [0.25, 0.3) is 5.91 Å². The fourth-order valence-electron chi connectivity index (χ4n) is 4.44. The molecule has 2 fully saturated rings. The van der Waals surface area contributed by atoms with Crippen LogP contribution in [0.1, 0.15) is 40.0 Å². The number of nitrogens with one attached hydrogen (secondary N) is 1. The number of benzene rings is 1. The Hall–Kier alpha value is -4.03. The molecule has 1 amide bonds. The first-order chi connectivity index (χ1) is 17.4. The van der Waals surface area contributed by atoms with Crippen LogP contribution < -0.4 is 11.1 Å². The van der Waals surface area contributed by atoms with E-state index in [-0.39, 0.29) is 17.4 Å². The Morgan fingerprint density at radius 3 is 2.53 bits per heavy atom. The third-order valence-corrected chi connectivity index (χ3v) is 6.59. The molecule has 9 heteroatoms. The summed E-state index contributed by atoms with van der Waals surface area (Å²) in [4.78, 5) is 30.0. The van der Waals surface area contributed by atoms with Crippen molar-refractivity contribution in [2.24, 2.45) is 0 Å². The van der Waals surface area contributed by atoms with E-state index < -0.39 is 5.82 Å². The number of pyridine rings is 1. The highest BCUT2D eigenvalue weighted by Gasteiger charge is 2.32. The summed E-state index contributed by atoms with van der Waals surface area (Å²) in [6.07, 6.45) is 4.15. The Labute approximate surface area is 209 Å². The third-order valence-electron chi connectivity index (χ3n) is 6.59. The second-order valence-electron chi connectivity index (χ2n) is 9.08. The molecule has 1 aliphatic carbocycles. The van der Waals surface area contributed by atoms with Crippen LogP contribution in [-0.2, 0) is 0 Å². The van der Waals surface area contributed by atoms with Gasteiger partial charge in [-0.2, -0.15) is 0 Å². The molecule has 0 radical (unpaired) electrons. The highest BCUT2D eigenvalue weighted by molar-refractivity contribution is 5.95. The lowest BCUT2D eigenvalue weighted by atomic mass is 10.0. The average molecular weight is 486 g/mol. The van der Waals surface area contributed by atoms with Crippen molar-refractivity contribution >= 4 is 17.7 Å². The highest BCUT2D eigenvalue weighted by Crippen LogP contribution is 2.29. The number of carbonyl (C=O) groups excluding carboxylic acids is 1. The van der Waals surface area contributed by atoms with Crippen molar-refractivity contribution in [2.75, 3.05) is 44.3 Å². The quantitative estimate of drug-likeness (QED) is 0.548. The number of hydrogen-bond donors (Lipinski definition) is 2. The molecule has 3 N–H and O–H groups in total. The molecule has 184 valence electrons. The van der Waals surface area contributed by atoms with Crippen molar-refractivity contribution in [3.8, 4) is 23.1 Å². The molecule has 1 saturated carbocycles. The SMILES string of the molecule is CNc1ccc(C#Cc2c(C)nc(N)nc2-c2ccc(C(=O)N3CCN(C4CC4)CC3)cc2F)cn1. The molecule has 3 aromatic rings. The van der Waals surface area contributed by atoms with Crippen LogP contribution in [0, 0.1) is 24.6 Å². The Kier molecular flexibility index (Phi) is 6.53. The number of hydrogen-bond acceptors (Lipinski definition) is 7. The predicted molar refractivity (Wildman–Crippen MR) is 137 cm³/mol. The monoisotopic (exact) mass is 485 g/mol. The molecule has 36 heavy (non-hydrogen) atoms. The van der Waals surface area contributed by atoms with E-state index in [4.69, 9.17) is 5.73 Å². The first kappa shape index (κ1) is 23.7. The fourth-order valence-corrected chi connectivity index (χ4v) is 4.44. The fraction of sp³-hybridized carbons (Fsp3) is 0.333. The molecule has 3 heterocycles. The van der Waals surface area contributed by atoms with Gasteiger partial charge in [0.15, 0.2) is 0 Å². The Morgan fingerprint density at radius 2 is 1.89 bits per heavy atom. The number of carbonyl (C=O) groups is 1. The number of nitrogens with two attached hydrogens (primary N) is 1. The first-order valence-corrected chi connectivity index (χ1v) is 12.1. The number of aromatic nitrogens is 3. The number of aryl methyl sites for hydroxylation is 1. The van der Waals surface area contributed by atoms with Crippen LogP contribution in [0.3, 0.4) is 0 Å². The van der Waals surface area contributed by atoms with E-state index in [9.17, 15) is 4.79 Å². The molecular formula is C27H28FN7O. The van der Waals surface area contributed by atoms with Gasteiger partial charge in [-0.3, -0.25) is 9.69 Å². The van der Waals surface area contributed by atoms with Crippen LogP contribution in [0.15, 0.2) is 36.5 Å². The van der Waals surface area contributed by atoms with Crippen molar-refractivity contribution in [2.45, 2.75) is 25.8 Å². The van der Waals surface area contributed by atoms with Crippen LogP contribution in [0.4, 0.5) is 16.2 Å². The zero-order chi connectivity index (χ0) is 25.2. The van der Waals surface area contributed by atoms with Crippen molar-refractivity contribution in [1.29, 1.82) is 0 Å². The molecule has 0 atom stereocenters. The standard InChI is InChI=1S/C27H28FN7O/c1-17-21(8-3-18-4-10-24(30-2)31-16-18)25(33-27(29)32-17)22-9-5-19(15-23(22)28)26(36)35-13-11-34(12-14-35)20-6-7-20/h4-5,9-10,15-16,20H,6-7,11-14H2,1-2H3,(H,30,31)(H2,29,32,33). The summed E-state index contributed by atoms with van der Waals surface area (Å²) in [6, 6.07) is 8.82. The summed E-state index contributed by atoms with van der Waals surface area (Å²) < 4.78 is 15.4. The summed E-state index contributed by atoms with van der Waals surface area (Å²) >= 11 is 0. The minimum absolute atomic E-state index is 0.0289. The van der Waals surface area contributed by atoms with Crippen molar-refractivity contribution in [1.82, 2.24) is 24.8 Å². The van der Waals surface area contributed by atoms with E-state index in [1.54, 1.807) is 37.2 Å². The highest BCUT2D eigenvalue weighted by atomic mass is 19.1. The zero-order valence-corrected chi connectivity index (χ0v) is 20.4. The van der Waals surface area contributed by atoms with Crippen LogP contribution in [0.2, 0.25) is 0 Å². The Morgan fingerprint density at radius 1 is 1.11 bits per heavy atom. The maximum atomic E-state index is 15.4. The maximum absolute atomic E-state index is 15.4. The minimum Gasteiger partial charge on any atom is -0.373 e. The largest absolute Gasteiger partial charge is 0.373 e. The summed E-state index contributed by atoms with van der Waals surface area (Å²) in [6.45, 7) is 4.80. The molecule has 2 aromatic heterocycles. The van der Waals surface area contributed by atoms with Crippen LogP contribution in [0.5, 0.6) is 0 Å². The van der Waals surface area contributed by atoms with Gasteiger partial charge >= 0.3 is 0 Å². The van der Waals surface area contributed by atoms with Gasteiger partial charge in [-0.05, 0) is 50.1 Å². The molecule has 8 nitrogen and oxygen atoms in total. The lowest BCUT2D eigenvalue weighted by molar-refractivity contribution is 0.0627. The van der Waals surface area contributed by atoms with Gasteiger partial charge in [-0.1, -0.05) is 11.8 Å². The summed E-state index contributed by atoms with van der Waals surface area (Å²) in [7, 11) is 1.79. The second-order valence-corrected chi connectivity index (χ2v) is 9.08. The topological polar surface area (TPSA) is 100 Å². The Balaban J connectivity index is 1.41. The number of anilines is 2. The van der Waals surface area contributed by atoms with E-state index in [0.29, 0.717) is 47.2 Å². The summed E-state index contributed by atoms with van der Waals surface area (Å²) in [5.41, 5.74) is 8.42. The molecule has 1 aliphatic heterocycles. The maximum Gasteiger partial charge on any atom is 0.254 e. The minimum atomic E-state index is -0.557. The molecular weight excluding hydrogens is 457 g/mol. The molecule has 5 rings (SSSR count). The number of piperazine rings is 1. The van der Waals surface area contributed by atoms with Gasteiger partial charge in [0.2, 0.25) is 5.95 Å².